The molecule has 2 nitrogen and oxygen atoms in total. The zero-order chi connectivity index (χ0) is 12.6. The van der Waals surface area contributed by atoms with Crippen molar-refractivity contribution >= 4 is 52.1 Å². The second-order valence-corrected chi connectivity index (χ2v) is 5.00. The summed E-state index contributed by atoms with van der Waals surface area (Å²) in [4.78, 5) is 4.14. The van der Waals surface area contributed by atoms with Gasteiger partial charge < -0.3 is 5.73 Å². The van der Waals surface area contributed by atoms with Gasteiger partial charge in [-0.1, -0.05) is 46.4 Å². The van der Waals surface area contributed by atoms with Gasteiger partial charge in [0.05, 0.1) is 31.5 Å². The maximum atomic E-state index is 6.08. The molecule has 1 heterocycles. The van der Waals surface area contributed by atoms with Gasteiger partial charge in [0.15, 0.2) is 0 Å². The zero-order valence-corrected chi connectivity index (χ0v) is 11.4. The molecular formula is C11H6Cl4N2. The van der Waals surface area contributed by atoms with E-state index in [0.29, 0.717) is 37.0 Å². The third kappa shape index (κ3) is 2.61. The predicted octanol–water partition coefficient (Wildman–Crippen LogP) is 4.94. The highest BCUT2D eigenvalue weighted by Gasteiger charge is 2.12. The Labute approximate surface area is 118 Å². The van der Waals surface area contributed by atoms with Crippen LogP contribution in [0.1, 0.15) is 0 Å². The summed E-state index contributed by atoms with van der Waals surface area (Å²) < 4.78 is 0. The molecule has 17 heavy (non-hydrogen) atoms. The van der Waals surface area contributed by atoms with Gasteiger partial charge in [0.2, 0.25) is 0 Å². The number of aromatic nitrogens is 1. The fourth-order valence-electron chi connectivity index (χ4n) is 1.38. The minimum Gasteiger partial charge on any atom is -0.397 e. The number of benzene rings is 1. The lowest BCUT2D eigenvalue weighted by Crippen LogP contribution is -1.94. The van der Waals surface area contributed by atoms with Gasteiger partial charge in [-0.05, 0) is 18.2 Å². The van der Waals surface area contributed by atoms with Gasteiger partial charge in [-0.3, -0.25) is 4.98 Å². The second kappa shape index (κ2) is 4.91. The van der Waals surface area contributed by atoms with Gasteiger partial charge in [-0.25, -0.2) is 0 Å². The third-order valence-corrected chi connectivity index (χ3v) is 3.39. The van der Waals surface area contributed by atoms with Crippen molar-refractivity contribution in [3.63, 3.8) is 0 Å². The molecule has 0 aliphatic carbocycles. The van der Waals surface area contributed by atoms with Crippen molar-refractivity contribution in [3.05, 3.63) is 44.5 Å². The first kappa shape index (κ1) is 12.8. The highest BCUT2D eigenvalue weighted by molar-refractivity contribution is 6.44. The molecule has 1 aromatic carbocycles. The lowest BCUT2D eigenvalue weighted by molar-refractivity contribution is 1.33. The minimum absolute atomic E-state index is 0.382. The summed E-state index contributed by atoms with van der Waals surface area (Å²) in [5.41, 5.74) is 7.40. The van der Waals surface area contributed by atoms with Crippen molar-refractivity contribution in [2.45, 2.75) is 0 Å². The Balaban J connectivity index is 2.64. The predicted molar refractivity (Wildman–Crippen MR) is 74.1 cm³/mol. The quantitative estimate of drug-likeness (QED) is 0.757. The largest absolute Gasteiger partial charge is 0.397 e. The molecular weight excluding hydrogens is 302 g/mol. The fraction of sp³-hybridized carbons (Fsp3) is 0. The van der Waals surface area contributed by atoms with Crippen molar-refractivity contribution in [1.29, 1.82) is 0 Å². The molecule has 2 rings (SSSR count). The van der Waals surface area contributed by atoms with Crippen LogP contribution in [0, 0.1) is 0 Å². The lowest BCUT2D eigenvalue weighted by Gasteiger charge is -2.08. The van der Waals surface area contributed by atoms with Crippen LogP contribution in [0.2, 0.25) is 20.1 Å². The minimum atomic E-state index is 0.382. The molecule has 0 bridgehead atoms. The Morgan fingerprint density at radius 3 is 2.18 bits per heavy atom. The summed E-state index contributed by atoms with van der Waals surface area (Å²) >= 11 is 23.6. The molecule has 0 aliphatic rings. The number of nitrogen functional groups attached to an aromatic ring is 1. The lowest BCUT2D eigenvalue weighted by atomic mass is 10.1. The first-order chi connectivity index (χ1) is 7.99. The number of anilines is 1. The van der Waals surface area contributed by atoms with E-state index in [0.717, 1.165) is 0 Å². The Morgan fingerprint density at radius 1 is 0.882 bits per heavy atom. The number of pyridine rings is 1. The molecule has 0 saturated carbocycles. The van der Waals surface area contributed by atoms with Crippen molar-refractivity contribution in [1.82, 2.24) is 4.98 Å². The Bertz CT molecular complexity index is 584. The van der Waals surface area contributed by atoms with Gasteiger partial charge in [0, 0.05) is 11.8 Å². The number of hydrogen-bond acceptors (Lipinski definition) is 2. The molecule has 1 aromatic heterocycles. The van der Waals surface area contributed by atoms with Crippen LogP contribution in [0.15, 0.2) is 24.4 Å². The van der Waals surface area contributed by atoms with Gasteiger partial charge in [-0.2, -0.15) is 0 Å². The normalized spacial score (nSPS) is 10.6. The average molecular weight is 308 g/mol. The number of nitrogens with zero attached hydrogens (tertiary/aromatic N) is 1. The number of halogens is 4. The maximum Gasteiger partial charge on any atom is 0.0947 e. The van der Waals surface area contributed by atoms with Crippen LogP contribution in [-0.4, -0.2) is 4.98 Å². The number of hydrogen-bond donors (Lipinski definition) is 1. The van der Waals surface area contributed by atoms with E-state index in [4.69, 9.17) is 52.1 Å². The summed E-state index contributed by atoms with van der Waals surface area (Å²) in [7, 11) is 0. The standard InChI is InChI=1S/C11H6Cl4N2/c12-5-1-10(16)11(17-4-5)6-2-8(14)9(15)3-7(6)13/h1-4H,16H2. The Morgan fingerprint density at radius 2 is 1.53 bits per heavy atom. The van der Waals surface area contributed by atoms with Gasteiger partial charge in [0.25, 0.3) is 0 Å². The topological polar surface area (TPSA) is 38.9 Å². The van der Waals surface area contributed by atoms with Crippen molar-refractivity contribution < 1.29 is 0 Å². The van der Waals surface area contributed by atoms with Crippen LogP contribution in [0.4, 0.5) is 5.69 Å². The van der Waals surface area contributed by atoms with E-state index < -0.39 is 0 Å². The van der Waals surface area contributed by atoms with Crippen LogP contribution in [-0.2, 0) is 0 Å². The summed E-state index contributed by atoms with van der Waals surface area (Å²) in [5, 5.41) is 1.67. The van der Waals surface area contributed by atoms with Crippen molar-refractivity contribution in [3.8, 4) is 11.3 Å². The molecule has 2 N–H and O–H groups in total. The van der Waals surface area contributed by atoms with Crippen molar-refractivity contribution in [2.75, 3.05) is 5.73 Å². The zero-order valence-electron chi connectivity index (χ0n) is 8.35. The molecule has 2 aromatic rings. The second-order valence-electron chi connectivity index (χ2n) is 3.34. The number of rotatable bonds is 1. The van der Waals surface area contributed by atoms with Gasteiger partial charge in [-0.15, -0.1) is 0 Å². The van der Waals surface area contributed by atoms with E-state index in [1.807, 2.05) is 0 Å². The maximum absolute atomic E-state index is 6.08. The van der Waals surface area contributed by atoms with Gasteiger partial charge in [0.1, 0.15) is 0 Å². The molecule has 0 aliphatic heterocycles. The molecule has 0 atom stereocenters. The Hall–Kier alpha value is -0.670. The third-order valence-electron chi connectivity index (χ3n) is 2.15. The van der Waals surface area contributed by atoms with Crippen LogP contribution in [0.3, 0.4) is 0 Å². The molecule has 0 radical (unpaired) electrons. The van der Waals surface area contributed by atoms with E-state index in [1.165, 1.54) is 6.20 Å². The van der Waals surface area contributed by atoms with Crippen molar-refractivity contribution in [2.24, 2.45) is 0 Å². The molecule has 6 heteroatoms. The summed E-state index contributed by atoms with van der Waals surface area (Å²) in [6, 6.07) is 4.78. The SMILES string of the molecule is Nc1cc(Cl)cnc1-c1cc(Cl)c(Cl)cc1Cl. The summed E-state index contributed by atoms with van der Waals surface area (Å²) in [6.07, 6.45) is 1.49. The van der Waals surface area contributed by atoms with E-state index in [2.05, 4.69) is 4.98 Å². The average Bonchev–Trinajstić information content (AvgIpc) is 2.24. The fourth-order valence-corrected chi connectivity index (χ4v) is 2.19. The van der Waals surface area contributed by atoms with E-state index in [1.54, 1.807) is 18.2 Å². The first-order valence-electron chi connectivity index (χ1n) is 4.55. The molecule has 0 fully saturated rings. The molecule has 0 amide bonds. The highest BCUT2D eigenvalue weighted by Crippen LogP contribution is 2.36. The van der Waals surface area contributed by atoms with Crippen LogP contribution < -0.4 is 5.73 Å². The monoisotopic (exact) mass is 306 g/mol. The molecule has 0 saturated heterocycles. The van der Waals surface area contributed by atoms with Crippen LogP contribution in [0.25, 0.3) is 11.3 Å². The molecule has 0 unspecified atom stereocenters. The first-order valence-corrected chi connectivity index (χ1v) is 6.06. The van der Waals surface area contributed by atoms with Gasteiger partial charge >= 0.3 is 0 Å². The van der Waals surface area contributed by atoms with E-state index >= 15 is 0 Å². The molecule has 88 valence electrons. The molecule has 0 spiro atoms. The van der Waals surface area contributed by atoms with Crippen LogP contribution >= 0.6 is 46.4 Å². The number of nitrogens with two attached hydrogens (primary N) is 1. The Kier molecular flexibility index (Phi) is 3.69. The highest BCUT2D eigenvalue weighted by atomic mass is 35.5. The van der Waals surface area contributed by atoms with Crippen LogP contribution in [0.5, 0.6) is 0 Å². The summed E-state index contributed by atoms with van der Waals surface area (Å²) in [5.74, 6) is 0. The van der Waals surface area contributed by atoms with E-state index in [-0.39, 0.29) is 0 Å². The van der Waals surface area contributed by atoms with E-state index in [9.17, 15) is 0 Å². The smallest absolute Gasteiger partial charge is 0.0947 e. The summed E-state index contributed by atoms with van der Waals surface area (Å²) in [6.45, 7) is 0.